The van der Waals surface area contributed by atoms with Crippen LogP contribution in [0.15, 0.2) is 6.07 Å². The third-order valence-electron chi connectivity index (χ3n) is 0.766. The SMILES string of the molecule is O=C(O)c1cc(F)[nH]n1. The molecule has 0 aliphatic carbocycles. The van der Waals surface area contributed by atoms with Crippen LogP contribution in [-0.2, 0) is 0 Å². The zero-order valence-corrected chi connectivity index (χ0v) is 4.26. The molecule has 0 radical (unpaired) electrons. The molecule has 0 atom stereocenters. The maximum Gasteiger partial charge on any atom is 0.356 e. The number of rotatable bonds is 1. The van der Waals surface area contributed by atoms with Crippen molar-refractivity contribution in [1.82, 2.24) is 10.2 Å². The fourth-order valence-corrected chi connectivity index (χ4v) is 0.408. The minimum Gasteiger partial charge on any atom is -0.476 e. The number of aromatic nitrogens is 2. The van der Waals surface area contributed by atoms with E-state index in [0.29, 0.717) is 0 Å². The van der Waals surface area contributed by atoms with Crippen molar-refractivity contribution < 1.29 is 14.3 Å². The Kier molecular flexibility index (Phi) is 1.18. The van der Waals surface area contributed by atoms with Crippen LogP contribution < -0.4 is 0 Å². The summed E-state index contributed by atoms with van der Waals surface area (Å²) >= 11 is 0. The van der Waals surface area contributed by atoms with Crippen molar-refractivity contribution in [1.29, 1.82) is 0 Å². The van der Waals surface area contributed by atoms with Gasteiger partial charge in [-0.15, -0.1) is 0 Å². The van der Waals surface area contributed by atoms with Crippen molar-refractivity contribution in [2.75, 3.05) is 0 Å². The fourth-order valence-electron chi connectivity index (χ4n) is 0.408. The second kappa shape index (κ2) is 1.85. The van der Waals surface area contributed by atoms with Crippen LogP contribution in [0.5, 0.6) is 0 Å². The standard InChI is InChI=1S/C4H3FN2O2/c5-3-1-2(4(8)9)6-7-3/h1H,(H,6,7)(H,8,9). The fraction of sp³-hybridized carbons (Fsp3) is 0. The second-order valence-electron chi connectivity index (χ2n) is 1.41. The minimum absolute atomic E-state index is 0.312. The summed E-state index contributed by atoms with van der Waals surface area (Å²) < 4.78 is 11.9. The highest BCUT2D eigenvalue weighted by Gasteiger charge is 2.06. The highest BCUT2D eigenvalue weighted by atomic mass is 19.1. The van der Waals surface area contributed by atoms with E-state index < -0.39 is 11.9 Å². The number of aromatic amines is 1. The average Bonchev–Trinajstić information content (AvgIpc) is 2.14. The number of H-pyrrole nitrogens is 1. The molecule has 4 nitrogen and oxygen atoms in total. The van der Waals surface area contributed by atoms with Crippen LogP contribution in [0.2, 0.25) is 0 Å². The number of hydrogen-bond acceptors (Lipinski definition) is 2. The lowest BCUT2D eigenvalue weighted by Gasteiger charge is -1.77. The largest absolute Gasteiger partial charge is 0.476 e. The minimum atomic E-state index is -1.24. The third kappa shape index (κ3) is 1.04. The highest BCUT2D eigenvalue weighted by Crippen LogP contribution is 1.95. The molecule has 0 bridgehead atoms. The maximum absolute atomic E-state index is 11.9. The molecule has 0 aliphatic rings. The van der Waals surface area contributed by atoms with Crippen molar-refractivity contribution in [3.8, 4) is 0 Å². The van der Waals surface area contributed by atoms with E-state index in [2.05, 4.69) is 5.10 Å². The summed E-state index contributed by atoms with van der Waals surface area (Å²) in [7, 11) is 0. The van der Waals surface area contributed by atoms with Gasteiger partial charge in [0.2, 0.25) is 5.95 Å². The lowest BCUT2D eigenvalue weighted by atomic mass is 10.4. The number of hydrogen-bond donors (Lipinski definition) is 2. The van der Waals surface area contributed by atoms with E-state index in [1.54, 1.807) is 0 Å². The third-order valence-corrected chi connectivity index (χ3v) is 0.766. The van der Waals surface area contributed by atoms with Gasteiger partial charge in [0.05, 0.1) is 0 Å². The van der Waals surface area contributed by atoms with Crippen LogP contribution in [-0.4, -0.2) is 21.3 Å². The van der Waals surface area contributed by atoms with Crippen molar-refractivity contribution in [2.24, 2.45) is 0 Å². The Morgan fingerprint density at radius 2 is 2.56 bits per heavy atom. The van der Waals surface area contributed by atoms with Crippen LogP contribution in [0.4, 0.5) is 4.39 Å². The van der Waals surface area contributed by atoms with Crippen molar-refractivity contribution >= 4 is 5.97 Å². The van der Waals surface area contributed by atoms with E-state index >= 15 is 0 Å². The smallest absolute Gasteiger partial charge is 0.356 e. The molecule has 0 aliphatic heterocycles. The summed E-state index contributed by atoms with van der Waals surface area (Å²) in [5.41, 5.74) is -0.312. The second-order valence-corrected chi connectivity index (χ2v) is 1.41. The van der Waals surface area contributed by atoms with Gasteiger partial charge in [-0.3, -0.25) is 5.10 Å². The first-order valence-corrected chi connectivity index (χ1v) is 2.14. The average molecular weight is 130 g/mol. The summed E-state index contributed by atoms with van der Waals surface area (Å²) in [5, 5.41) is 13.1. The van der Waals surface area contributed by atoms with Crippen molar-refractivity contribution in [3.63, 3.8) is 0 Å². The predicted molar refractivity (Wildman–Crippen MR) is 25.5 cm³/mol. The van der Waals surface area contributed by atoms with Gasteiger partial charge < -0.3 is 5.11 Å². The predicted octanol–water partition coefficient (Wildman–Crippen LogP) is 0.247. The molecular formula is C4H3FN2O2. The lowest BCUT2D eigenvalue weighted by molar-refractivity contribution is 0.0690. The molecule has 5 heteroatoms. The maximum atomic E-state index is 11.9. The van der Waals surface area contributed by atoms with Crippen molar-refractivity contribution in [3.05, 3.63) is 17.7 Å². The first kappa shape index (κ1) is 5.74. The van der Waals surface area contributed by atoms with Gasteiger partial charge in [-0.05, 0) is 0 Å². The highest BCUT2D eigenvalue weighted by molar-refractivity contribution is 5.84. The van der Waals surface area contributed by atoms with Crippen LogP contribution in [0.1, 0.15) is 10.5 Å². The molecule has 0 unspecified atom stereocenters. The molecule has 0 amide bonds. The molecule has 1 heterocycles. The number of carboxylic acid groups (broad SMARTS) is 1. The molecule has 1 rings (SSSR count). The van der Waals surface area contributed by atoms with Crippen LogP contribution >= 0.6 is 0 Å². The van der Waals surface area contributed by atoms with E-state index in [1.165, 1.54) is 0 Å². The molecule has 1 aromatic heterocycles. The zero-order chi connectivity index (χ0) is 6.85. The molecule has 0 spiro atoms. The van der Waals surface area contributed by atoms with Gasteiger partial charge in [0.25, 0.3) is 0 Å². The Morgan fingerprint density at radius 1 is 1.89 bits per heavy atom. The number of nitrogens with one attached hydrogen (secondary N) is 1. The molecular weight excluding hydrogens is 127 g/mol. The number of aromatic carboxylic acids is 1. The topological polar surface area (TPSA) is 66.0 Å². The molecule has 0 fully saturated rings. The van der Waals surface area contributed by atoms with Gasteiger partial charge in [-0.25, -0.2) is 4.79 Å². The molecule has 9 heavy (non-hydrogen) atoms. The van der Waals surface area contributed by atoms with Gasteiger partial charge in [0, 0.05) is 6.07 Å². The number of nitrogens with zero attached hydrogens (tertiary/aromatic N) is 1. The lowest BCUT2D eigenvalue weighted by Crippen LogP contribution is -1.95. The zero-order valence-electron chi connectivity index (χ0n) is 4.26. The quantitative estimate of drug-likeness (QED) is 0.572. The van der Waals surface area contributed by atoms with E-state index in [-0.39, 0.29) is 5.69 Å². The first-order valence-electron chi connectivity index (χ1n) is 2.14. The van der Waals surface area contributed by atoms with Gasteiger partial charge in [0.1, 0.15) is 0 Å². The van der Waals surface area contributed by atoms with E-state index in [9.17, 15) is 9.18 Å². The van der Waals surface area contributed by atoms with Gasteiger partial charge in [0.15, 0.2) is 5.69 Å². The Balaban J connectivity index is 2.98. The summed E-state index contributed by atoms with van der Waals surface area (Å²) in [6, 6.07) is 0.808. The first-order chi connectivity index (χ1) is 4.20. The van der Waals surface area contributed by atoms with Gasteiger partial charge >= 0.3 is 5.97 Å². The Hall–Kier alpha value is -1.39. The Labute approximate surface area is 49.3 Å². The number of carboxylic acids is 1. The molecule has 0 saturated heterocycles. The number of halogens is 1. The molecule has 2 N–H and O–H groups in total. The van der Waals surface area contributed by atoms with E-state index in [0.717, 1.165) is 6.07 Å². The van der Waals surface area contributed by atoms with Gasteiger partial charge in [-0.1, -0.05) is 0 Å². The molecule has 0 saturated carbocycles. The summed E-state index contributed by atoms with van der Waals surface area (Å²) in [6.07, 6.45) is 0. The molecule has 48 valence electrons. The molecule has 1 aromatic rings. The van der Waals surface area contributed by atoms with E-state index in [1.807, 2.05) is 5.10 Å². The molecule has 0 aromatic carbocycles. The van der Waals surface area contributed by atoms with E-state index in [4.69, 9.17) is 5.11 Å². The monoisotopic (exact) mass is 130 g/mol. The normalized spacial score (nSPS) is 9.44. The van der Waals surface area contributed by atoms with Crippen LogP contribution in [0.25, 0.3) is 0 Å². The number of carbonyl (C=O) groups is 1. The Morgan fingerprint density at radius 3 is 2.78 bits per heavy atom. The summed E-state index contributed by atoms with van der Waals surface area (Å²) in [4.78, 5) is 9.97. The van der Waals surface area contributed by atoms with Gasteiger partial charge in [-0.2, -0.15) is 9.49 Å². The van der Waals surface area contributed by atoms with Crippen molar-refractivity contribution in [2.45, 2.75) is 0 Å². The Bertz CT molecular complexity index is 232. The summed E-state index contributed by atoms with van der Waals surface area (Å²) in [6.45, 7) is 0. The summed E-state index contributed by atoms with van der Waals surface area (Å²) in [5.74, 6) is -1.98. The van der Waals surface area contributed by atoms with Crippen LogP contribution in [0.3, 0.4) is 0 Å². The van der Waals surface area contributed by atoms with Crippen LogP contribution in [0, 0.1) is 5.95 Å².